The van der Waals surface area contributed by atoms with Crippen molar-refractivity contribution in [1.82, 2.24) is 0 Å². The summed E-state index contributed by atoms with van der Waals surface area (Å²) in [5.41, 5.74) is 1.23. The van der Waals surface area contributed by atoms with Crippen LogP contribution in [0.2, 0.25) is 0 Å². The molecular weight excluding hydrogens is 164 g/mol. The van der Waals surface area contributed by atoms with Crippen LogP contribution in [-0.2, 0) is 15.9 Å². The Labute approximate surface area is 69.3 Å². The Morgan fingerprint density at radius 1 is 1.20 bits per heavy atom. The Balaban J connectivity index is 0.000000371. The quantitative estimate of drug-likeness (QED) is 0.673. The fourth-order valence-electron chi connectivity index (χ4n) is 0.532. The van der Waals surface area contributed by atoms with E-state index in [1.54, 1.807) is 0 Å². The van der Waals surface area contributed by atoms with Crippen LogP contribution in [0.5, 0.6) is 0 Å². The molecule has 0 bridgehead atoms. The van der Waals surface area contributed by atoms with Crippen LogP contribution in [0.3, 0.4) is 0 Å². The Kier molecular flexibility index (Phi) is 6.42. The van der Waals surface area contributed by atoms with Gasteiger partial charge in [0, 0.05) is 7.11 Å². The number of aliphatic hydroxyl groups is 1. The van der Waals surface area contributed by atoms with E-state index in [-0.39, 0.29) is 0 Å². The number of aliphatic hydroxyl groups excluding tert-OH is 1. The van der Waals surface area contributed by atoms with Gasteiger partial charge in [-0.1, -0.05) is 0 Å². The molecule has 1 aromatic carbocycles. The minimum absolute atomic E-state index is 1.00. The van der Waals surface area contributed by atoms with Gasteiger partial charge in [0.25, 0.3) is 0 Å². The molecule has 0 amide bonds. The van der Waals surface area contributed by atoms with Crippen LogP contribution in [0.4, 0.5) is 0 Å². The number of benzene rings is 1. The third-order valence-electron chi connectivity index (χ3n) is 0.936. The van der Waals surface area contributed by atoms with Crippen molar-refractivity contribution < 1.29 is 21.0 Å². The molecule has 10 heavy (non-hydrogen) atoms. The predicted octanol–water partition coefficient (Wildman–Crippen LogP) is 0.992. The monoisotopic (exact) mass is 174 g/mol. The number of hydrogen-bond acceptors (Lipinski definition) is 1. The van der Waals surface area contributed by atoms with Crippen molar-refractivity contribution in [3.8, 4) is 0 Å². The van der Waals surface area contributed by atoms with E-state index in [1.807, 2.05) is 23.1 Å². The first-order valence-electron chi connectivity index (χ1n) is 2.88. The summed E-state index contributed by atoms with van der Waals surface area (Å²) in [7, 11) is 1.00. The Morgan fingerprint density at radius 3 is 2.00 bits per heavy atom. The van der Waals surface area contributed by atoms with Gasteiger partial charge in [0.2, 0.25) is 0 Å². The van der Waals surface area contributed by atoms with Crippen LogP contribution in [0, 0.1) is 0 Å². The molecule has 0 aliphatic carbocycles. The summed E-state index contributed by atoms with van der Waals surface area (Å²) in [6, 6.07) is 10.1. The van der Waals surface area contributed by atoms with Crippen LogP contribution < -0.4 is 0 Å². The molecule has 0 aliphatic heterocycles. The maximum atomic E-state index is 7.00. The van der Waals surface area contributed by atoms with Gasteiger partial charge < -0.3 is 5.11 Å². The zero-order valence-corrected chi connectivity index (χ0v) is 7.09. The molecule has 0 aromatic heterocycles. The van der Waals surface area contributed by atoms with E-state index in [4.69, 9.17) is 5.11 Å². The van der Waals surface area contributed by atoms with E-state index in [0.29, 0.717) is 0 Å². The molecule has 2 heteroatoms. The van der Waals surface area contributed by atoms with Gasteiger partial charge in [-0.05, 0) is 0 Å². The topological polar surface area (TPSA) is 20.2 Å². The molecule has 1 nitrogen and oxygen atoms in total. The van der Waals surface area contributed by atoms with Gasteiger partial charge in [0.15, 0.2) is 0 Å². The van der Waals surface area contributed by atoms with E-state index in [0.717, 1.165) is 7.11 Å². The van der Waals surface area contributed by atoms with Gasteiger partial charge in [0.05, 0.1) is 0 Å². The van der Waals surface area contributed by atoms with Gasteiger partial charge in [-0.25, -0.2) is 0 Å². The molecule has 0 aliphatic rings. The first-order valence-corrected chi connectivity index (χ1v) is 3.62. The first kappa shape index (κ1) is 9.58. The second-order valence-corrected chi connectivity index (χ2v) is 1.90. The average molecular weight is 174 g/mol. The molecule has 0 saturated carbocycles. The zero-order chi connectivity index (χ0) is 7.82. The molecule has 0 heterocycles. The molecule has 0 atom stereocenters. The molecule has 54 valence electrons. The van der Waals surface area contributed by atoms with Crippen molar-refractivity contribution in [2.45, 2.75) is 0 Å². The van der Waals surface area contributed by atoms with Crippen molar-refractivity contribution in [3.63, 3.8) is 0 Å². The maximum absolute atomic E-state index is 7.00. The summed E-state index contributed by atoms with van der Waals surface area (Å²) >= 11 is 2.83. The molecule has 1 N–H and O–H groups in total. The summed E-state index contributed by atoms with van der Waals surface area (Å²) in [4.78, 5) is 1.96. The summed E-state index contributed by atoms with van der Waals surface area (Å²) in [5, 5.41) is 7.00. The molecule has 0 unspecified atom stereocenters. The summed E-state index contributed by atoms with van der Waals surface area (Å²) < 4.78 is 0. The minimum atomic E-state index is 1.00. The van der Waals surface area contributed by atoms with Crippen molar-refractivity contribution in [2.24, 2.45) is 0 Å². The molecule has 0 spiro atoms. The third kappa shape index (κ3) is 3.58. The zero-order valence-electron chi connectivity index (χ0n) is 5.82. The number of rotatable bonds is 1. The van der Waals surface area contributed by atoms with Crippen LogP contribution in [0.25, 0.3) is 0 Å². The summed E-state index contributed by atoms with van der Waals surface area (Å²) in [6.45, 7) is 0. The van der Waals surface area contributed by atoms with Crippen LogP contribution in [0.15, 0.2) is 30.3 Å². The predicted molar refractivity (Wildman–Crippen MR) is 39.8 cm³/mol. The van der Waals surface area contributed by atoms with Crippen molar-refractivity contribution in [2.75, 3.05) is 7.11 Å². The SMILES string of the molecule is CO.[Cr]=[CH]c1ccccc1. The normalized spacial score (nSPS) is 7.40. The van der Waals surface area contributed by atoms with Crippen LogP contribution in [0.1, 0.15) is 5.56 Å². The number of hydrogen-bond donors (Lipinski definition) is 1. The van der Waals surface area contributed by atoms with E-state index in [1.165, 1.54) is 5.56 Å². The standard InChI is InChI=1S/C7H6.CH4O.Cr/c1-7-5-3-2-4-6-7;1-2;/h1-6H;2H,1H3;. The Morgan fingerprint density at radius 2 is 1.70 bits per heavy atom. The van der Waals surface area contributed by atoms with Crippen molar-refractivity contribution >= 4 is 4.88 Å². The fourth-order valence-corrected chi connectivity index (χ4v) is 0.777. The van der Waals surface area contributed by atoms with E-state index >= 15 is 0 Å². The molecule has 1 aromatic rings. The van der Waals surface area contributed by atoms with Crippen LogP contribution in [-0.4, -0.2) is 17.1 Å². The van der Waals surface area contributed by atoms with Gasteiger partial charge in [0.1, 0.15) is 0 Å². The molecule has 0 saturated heterocycles. The molecule has 0 radical (unpaired) electrons. The fraction of sp³-hybridized carbons (Fsp3) is 0.125. The van der Waals surface area contributed by atoms with Gasteiger partial charge in [-0.15, -0.1) is 0 Å². The van der Waals surface area contributed by atoms with E-state index in [9.17, 15) is 0 Å². The van der Waals surface area contributed by atoms with Gasteiger partial charge in [-0.3, -0.25) is 0 Å². The van der Waals surface area contributed by atoms with Crippen LogP contribution >= 0.6 is 0 Å². The van der Waals surface area contributed by atoms with E-state index in [2.05, 4.69) is 28.0 Å². The van der Waals surface area contributed by atoms with Crippen molar-refractivity contribution in [3.05, 3.63) is 35.9 Å². The van der Waals surface area contributed by atoms with E-state index < -0.39 is 0 Å². The summed E-state index contributed by atoms with van der Waals surface area (Å²) in [5.74, 6) is 0. The first-order chi connectivity index (χ1) is 4.93. The second kappa shape index (κ2) is 6.70. The van der Waals surface area contributed by atoms with Gasteiger partial charge in [-0.2, -0.15) is 0 Å². The Hall–Kier alpha value is -0.418. The summed E-state index contributed by atoms with van der Waals surface area (Å²) in [6.07, 6.45) is 0. The average Bonchev–Trinajstić information content (AvgIpc) is 2.10. The molecular formula is C8H10CrO. The van der Waals surface area contributed by atoms with Gasteiger partial charge >= 0.3 is 56.6 Å². The molecule has 0 fully saturated rings. The van der Waals surface area contributed by atoms with Crippen molar-refractivity contribution in [1.29, 1.82) is 0 Å². The Bertz CT molecular complexity index is 172. The third-order valence-corrected chi connectivity index (χ3v) is 1.36. The second-order valence-electron chi connectivity index (χ2n) is 1.53. The molecule has 1 rings (SSSR count).